The Balaban J connectivity index is 1.47. The van der Waals surface area contributed by atoms with Gasteiger partial charge >= 0.3 is 11.9 Å². The fraction of sp³-hybridized carbons (Fsp3) is 0. The van der Waals surface area contributed by atoms with Gasteiger partial charge in [-0.2, -0.15) is 0 Å². The number of ketones is 1. The van der Waals surface area contributed by atoms with Crippen molar-refractivity contribution in [3.8, 4) is 22.3 Å². The van der Waals surface area contributed by atoms with E-state index in [-0.39, 0.29) is 16.9 Å². The van der Waals surface area contributed by atoms with Crippen molar-refractivity contribution in [3.05, 3.63) is 168 Å². The van der Waals surface area contributed by atoms with Crippen LogP contribution >= 0.6 is 0 Å². The van der Waals surface area contributed by atoms with E-state index in [1.54, 1.807) is 36.4 Å². The zero-order chi connectivity index (χ0) is 32.9. The third-order valence-corrected chi connectivity index (χ3v) is 9.20. The molecule has 0 radical (unpaired) electrons. The normalized spacial score (nSPS) is 11.3. The van der Waals surface area contributed by atoms with Gasteiger partial charge < -0.3 is 10.2 Å². The molecule has 5 heteroatoms. The monoisotopic (exact) mass is 622 g/mol. The predicted octanol–water partition coefficient (Wildman–Crippen LogP) is 10.3. The maximum absolute atomic E-state index is 15.5. The van der Waals surface area contributed by atoms with Gasteiger partial charge in [0.15, 0.2) is 5.78 Å². The second kappa shape index (κ2) is 11.3. The van der Waals surface area contributed by atoms with Crippen molar-refractivity contribution in [3.63, 3.8) is 0 Å². The van der Waals surface area contributed by atoms with Gasteiger partial charge in [0, 0.05) is 11.1 Å². The average Bonchev–Trinajstić information content (AvgIpc) is 3.12. The fourth-order valence-corrected chi connectivity index (χ4v) is 7.05. The molecule has 0 atom stereocenters. The zero-order valence-electron chi connectivity index (χ0n) is 25.5. The Morgan fingerprint density at radius 1 is 0.333 bits per heavy atom. The average molecular weight is 623 g/mol. The Morgan fingerprint density at radius 2 is 0.667 bits per heavy atom. The van der Waals surface area contributed by atoms with Crippen molar-refractivity contribution in [1.29, 1.82) is 0 Å². The summed E-state index contributed by atoms with van der Waals surface area (Å²) in [5, 5.41) is 25.9. The molecule has 0 heterocycles. The summed E-state index contributed by atoms with van der Waals surface area (Å²) in [6.45, 7) is 0. The smallest absolute Gasteiger partial charge is 0.336 e. The van der Waals surface area contributed by atoms with E-state index in [9.17, 15) is 19.8 Å². The molecule has 2 N–H and O–H groups in total. The minimum atomic E-state index is -1.02. The highest BCUT2D eigenvalue weighted by atomic mass is 16.4. The van der Waals surface area contributed by atoms with Gasteiger partial charge in [-0.3, -0.25) is 4.79 Å². The Bertz CT molecular complexity index is 2470. The third kappa shape index (κ3) is 4.52. The van der Waals surface area contributed by atoms with Crippen LogP contribution in [0.25, 0.3) is 65.3 Å². The molecule has 0 aliphatic rings. The van der Waals surface area contributed by atoms with E-state index >= 15 is 4.79 Å². The van der Waals surface area contributed by atoms with Gasteiger partial charge in [0.25, 0.3) is 0 Å². The van der Waals surface area contributed by atoms with E-state index in [0.29, 0.717) is 33.0 Å². The first-order valence-corrected chi connectivity index (χ1v) is 15.5. The number of hydrogen-bond donors (Lipinski definition) is 2. The molecule has 8 rings (SSSR count). The standard InChI is InChI=1S/C43H26O5/c44-41(39-27-11-3-1-9-25(27)17-19-35(39)33-21-23-37(42(45)46)31-15-7-5-13-29(31)33)40-28-12-4-2-10-26(28)18-20-36(40)34-22-24-38(43(47)48)32-16-8-6-14-30(32)34/h1-24H,(H,45,46)(H,47,48). The molecule has 0 unspecified atom stereocenters. The predicted molar refractivity (Wildman–Crippen MR) is 191 cm³/mol. The summed E-state index contributed by atoms with van der Waals surface area (Å²) in [6, 6.07) is 44.9. The molecule has 0 aromatic heterocycles. The molecular weight excluding hydrogens is 596 g/mol. The first-order valence-electron chi connectivity index (χ1n) is 15.5. The Hall–Kier alpha value is -6.59. The zero-order valence-corrected chi connectivity index (χ0v) is 25.5. The van der Waals surface area contributed by atoms with Crippen molar-refractivity contribution in [2.45, 2.75) is 0 Å². The van der Waals surface area contributed by atoms with Crippen molar-refractivity contribution < 1.29 is 24.6 Å². The van der Waals surface area contributed by atoms with E-state index in [0.717, 1.165) is 43.4 Å². The molecule has 228 valence electrons. The minimum absolute atomic E-state index is 0.189. The molecule has 5 nitrogen and oxygen atoms in total. The molecule has 0 amide bonds. The first-order chi connectivity index (χ1) is 23.4. The van der Waals surface area contributed by atoms with Crippen LogP contribution in [0.3, 0.4) is 0 Å². The topological polar surface area (TPSA) is 91.7 Å². The van der Waals surface area contributed by atoms with Gasteiger partial charge in [-0.15, -0.1) is 0 Å². The summed E-state index contributed by atoms with van der Waals surface area (Å²) in [7, 11) is 0. The summed E-state index contributed by atoms with van der Waals surface area (Å²) in [4.78, 5) is 39.8. The number of rotatable bonds is 6. The van der Waals surface area contributed by atoms with Crippen LogP contribution < -0.4 is 0 Å². The van der Waals surface area contributed by atoms with Crippen LogP contribution in [0.4, 0.5) is 0 Å². The summed E-state index contributed by atoms with van der Waals surface area (Å²) >= 11 is 0. The van der Waals surface area contributed by atoms with Gasteiger partial charge in [0.2, 0.25) is 0 Å². The van der Waals surface area contributed by atoms with Crippen molar-refractivity contribution in [2.24, 2.45) is 0 Å². The number of hydrogen-bond acceptors (Lipinski definition) is 3. The SMILES string of the molecule is O=C(c1c(-c2ccc(C(=O)O)c3ccccc23)ccc2ccccc12)c1c(-c2ccc(C(=O)O)c3ccccc23)ccc2ccccc12. The second-order valence-electron chi connectivity index (χ2n) is 11.8. The summed E-state index contributed by atoms with van der Waals surface area (Å²) in [5.74, 6) is -2.23. The molecule has 0 bridgehead atoms. The largest absolute Gasteiger partial charge is 0.478 e. The van der Waals surface area contributed by atoms with Crippen molar-refractivity contribution in [1.82, 2.24) is 0 Å². The third-order valence-electron chi connectivity index (χ3n) is 9.20. The van der Waals surface area contributed by atoms with Crippen LogP contribution in [0.2, 0.25) is 0 Å². The molecule has 0 saturated carbocycles. The first kappa shape index (κ1) is 28.9. The fourth-order valence-electron chi connectivity index (χ4n) is 7.05. The summed E-state index contributed by atoms with van der Waals surface area (Å²) in [6.07, 6.45) is 0. The van der Waals surface area contributed by atoms with Crippen LogP contribution in [0.1, 0.15) is 36.6 Å². The quantitative estimate of drug-likeness (QED) is 0.180. The molecule has 0 fully saturated rings. The molecule has 0 spiro atoms. The second-order valence-corrected chi connectivity index (χ2v) is 11.8. The van der Waals surface area contributed by atoms with Gasteiger partial charge in [0.05, 0.1) is 11.1 Å². The van der Waals surface area contributed by atoms with E-state index in [4.69, 9.17) is 0 Å². The lowest BCUT2D eigenvalue weighted by atomic mass is 9.82. The van der Waals surface area contributed by atoms with E-state index in [1.807, 2.05) is 109 Å². The summed E-state index contributed by atoms with van der Waals surface area (Å²) < 4.78 is 0. The highest BCUT2D eigenvalue weighted by molar-refractivity contribution is 6.28. The summed E-state index contributed by atoms with van der Waals surface area (Å²) in [5.41, 5.74) is 4.28. The molecule has 48 heavy (non-hydrogen) atoms. The van der Waals surface area contributed by atoms with Gasteiger partial charge in [-0.25, -0.2) is 9.59 Å². The number of carboxylic acid groups (broad SMARTS) is 2. The van der Waals surface area contributed by atoms with Gasteiger partial charge in [-0.1, -0.05) is 133 Å². The minimum Gasteiger partial charge on any atom is -0.478 e. The van der Waals surface area contributed by atoms with E-state index < -0.39 is 11.9 Å². The number of fused-ring (bicyclic) bond motifs is 4. The molecule has 0 aliphatic heterocycles. The van der Waals surface area contributed by atoms with Crippen LogP contribution in [0, 0.1) is 0 Å². The maximum atomic E-state index is 15.5. The Labute approximate surface area is 274 Å². The highest BCUT2D eigenvalue weighted by Crippen LogP contribution is 2.41. The lowest BCUT2D eigenvalue weighted by molar-refractivity contribution is 0.0688. The van der Waals surface area contributed by atoms with Crippen LogP contribution in [0.15, 0.2) is 146 Å². The number of aromatic carboxylic acids is 2. The Morgan fingerprint density at radius 3 is 1.06 bits per heavy atom. The van der Waals surface area contributed by atoms with Gasteiger partial charge in [0.1, 0.15) is 0 Å². The number of benzene rings is 8. The number of carboxylic acids is 2. The lowest BCUT2D eigenvalue weighted by Crippen LogP contribution is -2.09. The number of carbonyl (C=O) groups is 3. The van der Waals surface area contributed by atoms with E-state index in [1.165, 1.54) is 0 Å². The van der Waals surface area contributed by atoms with Crippen molar-refractivity contribution in [2.75, 3.05) is 0 Å². The van der Waals surface area contributed by atoms with Crippen molar-refractivity contribution >= 4 is 60.8 Å². The van der Waals surface area contributed by atoms with Crippen LogP contribution in [-0.2, 0) is 0 Å². The molecular formula is C43H26O5. The molecule has 8 aromatic carbocycles. The lowest BCUT2D eigenvalue weighted by Gasteiger charge is -2.19. The highest BCUT2D eigenvalue weighted by Gasteiger charge is 2.26. The Kier molecular flexibility index (Phi) is 6.81. The molecule has 8 aromatic rings. The molecule has 0 saturated heterocycles. The van der Waals surface area contributed by atoms with E-state index in [2.05, 4.69) is 0 Å². The van der Waals surface area contributed by atoms with Crippen LogP contribution in [-0.4, -0.2) is 27.9 Å². The maximum Gasteiger partial charge on any atom is 0.336 e. The van der Waals surface area contributed by atoms with Gasteiger partial charge in [-0.05, 0) is 77.5 Å². The number of carbonyl (C=O) groups excluding carboxylic acids is 1. The molecule has 0 aliphatic carbocycles. The van der Waals surface area contributed by atoms with Crippen LogP contribution in [0.5, 0.6) is 0 Å².